The minimum atomic E-state index is -3.50. The van der Waals surface area contributed by atoms with Crippen LogP contribution >= 0.6 is 0 Å². The zero-order valence-electron chi connectivity index (χ0n) is 16.4. The molecule has 1 atom stereocenters. The summed E-state index contributed by atoms with van der Waals surface area (Å²) in [5.74, 6) is -0.176. The van der Waals surface area contributed by atoms with Crippen LogP contribution in [-0.2, 0) is 19.6 Å². The number of nitrogens with zero attached hydrogens (tertiary/aromatic N) is 2. The molecular formula is C21H25N3O4S. The first-order valence-corrected chi connectivity index (χ1v) is 11.3. The molecule has 29 heavy (non-hydrogen) atoms. The maximum atomic E-state index is 12.9. The van der Waals surface area contributed by atoms with Crippen LogP contribution in [-0.4, -0.2) is 48.4 Å². The van der Waals surface area contributed by atoms with Crippen LogP contribution in [0.1, 0.15) is 31.2 Å². The fourth-order valence-corrected chi connectivity index (χ4v) is 5.46. The Morgan fingerprint density at radius 3 is 2.55 bits per heavy atom. The molecule has 0 bridgehead atoms. The maximum Gasteiger partial charge on any atom is 0.253 e. The lowest BCUT2D eigenvalue weighted by Crippen LogP contribution is -2.47. The molecule has 2 aliphatic heterocycles. The summed E-state index contributed by atoms with van der Waals surface area (Å²) in [4.78, 5) is 16.8. The molecule has 7 nitrogen and oxygen atoms in total. The lowest BCUT2D eigenvalue weighted by atomic mass is 9.89. The summed E-state index contributed by atoms with van der Waals surface area (Å²) in [5, 5.41) is 2.83. The Labute approximate surface area is 171 Å². The molecule has 154 valence electrons. The first kappa shape index (κ1) is 20.0. The largest absolute Gasteiger partial charge is 0.362 e. The van der Waals surface area contributed by atoms with E-state index < -0.39 is 21.7 Å². The van der Waals surface area contributed by atoms with Crippen LogP contribution in [0, 0.1) is 6.92 Å². The first-order chi connectivity index (χ1) is 13.9. The van der Waals surface area contributed by atoms with Gasteiger partial charge in [0.15, 0.2) is 0 Å². The molecule has 0 aliphatic carbocycles. The number of amides is 1. The van der Waals surface area contributed by atoms with Crippen LogP contribution in [0.25, 0.3) is 0 Å². The van der Waals surface area contributed by atoms with Crippen molar-refractivity contribution in [1.29, 1.82) is 0 Å². The van der Waals surface area contributed by atoms with Crippen LogP contribution in [0.4, 0.5) is 5.69 Å². The summed E-state index contributed by atoms with van der Waals surface area (Å²) in [6, 6.07) is 10.5. The van der Waals surface area contributed by atoms with Gasteiger partial charge in [-0.1, -0.05) is 17.7 Å². The zero-order valence-corrected chi connectivity index (χ0v) is 17.2. The van der Waals surface area contributed by atoms with Gasteiger partial charge in [0.25, 0.3) is 5.91 Å². The number of carbonyl (C=O) groups excluding carboxylic acids is 1. The number of aromatic nitrogens is 1. The Morgan fingerprint density at radius 1 is 1.17 bits per heavy atom. The number of carbonyl (C=O) groups is 1. The molecule has 2 aliphatic rings. The topological polar surface area (TPSA) is 88.6 Å². The van der Waals surface area contributed by atoms with E-state index in [1.165, 1.54) is 4.31 Å². The number of sulfonamides is 1. The normalized spacial score (nSPS) is 21.9. The number of ether oxygens (including phenoxy) is 1. The standard InChI is InChI=1S/C21H25N3O4S/c1-16-4-6-18(7-5-16)29(26,27)24-13-10-21(11-14-24)9-8-19(28-21)20(25)23-17-3-2-12-22-15-17/h2-7,12,15,19H,8-11,13-14H2,1H3,(H,23,25). The van der Waals surface area contributed by atoms with Gasteiger partial charge in [0.05, 0.1) is 22.4 Å². The quantitative estimate of drug-likeness (QED) is 0.829. The number of hydrogen-bond donors (Lipinski definition) is 1. The highest BCUT2D eigenvalue weighted by molar-refractivity contribution is 7.89. The van der Waals surface area contributed by atoms with Crippen molar-refractivity contribution in [1.82, 2.24) is 9.29 Å². The number of benzene rings is 1. The van der Waals surface area contributed by atoms with Crippen molar-refractivity contribution in [2.45, 2.75) is 49.2 Å². The zero-order chi connectivity index (χ0) is 20.5. The van der Waals surface area contributed by atoms with Crippen LogP contribution in [0.3, 0.4) is 0 Å². The highest BCUT2D eigenvalue weighted by Gasteiger charge is 2.46. The molecule has 3 heterocycles. The first-order valence-electron chi connectivity index (χ1n) is 9.84. The summed E-state index contributed by atoms with van der Waals surface area (Å²) >= 11 is 0. The number of piperidine rings is 1. The third-order valence-electron chi connectivity index (χ3n) is 5.77. The van der Waals surface area contributed by atoms with Crippen molar-refractivity contribution in [2.75, 3.05) is 18.4 Å². The van der Waals surface area contributed by atoms with E-state index in [0.29, 0.717) is 42.9 Å². The molecule has 4 rings (SSSR count). The summed E-state index contributed by atoms with van der Waals surface area (Å²) in [5.41, 5.74) is 1.24. The molecule has 2 saturated heterocycles. The van der Waals surface area contributed by atoms with E-state index in [9.17, 15) is 13.2 Å². The Kier molecular flexibility index (Phi) is 5.42. The monoisotopic (exact) mass is 415 g/mol. The third kappa shape index (κ3) is 4.19. The van der Waals surface area contributed by atoms with E-state index in [-0.39, 0.29) is 5.91 Å². The predicted molar refractivity (Wildman–Crippen MR) is 109 cm³/mol. The van der Waals surface area contributed by atoms with Crippen molar-refractivity contribution >= 4 is 21.6 Å². The number of pyridine rings is 1. The van der Waals surface area contributed by atoms with Crippen LogP contribution < -0.4 is 5.32 Å². The van der Waals surface area contributed by atoms with E-state index in [4.69, 9.17) is 4.74 Å². The van der Waals surface area contributed by atoms with Crippen molar-refractivity contribution in [2.24, 2.45) is 0 Å². The molecule has 0 radical (unpaired) electrons. The molecule has 1 aromatic heterocycles. The average molecular weight is 416 g/mol. The Morgan fingerprint density at radius 2 is 1.90 bits per heavy atom. The molecular weight excluding hydrogens is 390 g/mol. The van der Waals surface area contributed by atoms with Gasteiger partial charge >= 0.3 is 0 Å². The second-order valence-corrected chi connectivity index (χ2v) is 9.71. The molecule has 2 aromatic rings. The highest BCUT2D eigenvalue weighted by Crippen LogP contribution is 2.40. The van der Waals surface area contributed by atoms with Crippen molar-refractivity contribution in [3.63, 3.8) is 0 Å². The molecule has 0 saturated carbocycles. The summed E-state index contributed by atoms with van der Waals surface area (Å²) in [6.07, 6.45) is 5.30. The maximum absolute atomic E-state index is 12.9. The van der Waals surface area contributed by atoms with Crippen molar-refractivity contribution in [3.05, 3.63) is 54.4 Å². The average Bonchev–Trinajstić information content (AvgIpc) is 3.13. The van der Waals surface area contributed by atoms with E-state index in [2.05, 4.69) is 10.3 Å². The van der Waals surface area contributed by atoms with Crippen molar-refractivity contribution < 1.29 is 17.9 Å². The summed E-state index contributed by atoms with van der Waals surface area (Å²) in [7, 11) is -3.50. The van der Waals surface area contributed by atoms with Crippen molar-refractivity contribution in [3.8, 4) is 0 Å². The molecule has 1 aromatic carbocycles. The van der Waals surface area contributed by atoms with E-state index in [1.54, 1.807) is 36.7 Å². The highest BCUT2D eigenvalue weighted by atomic mass is 32.2. The van der Waals surface area contributed by atoms with Gasteiger partial charge < -0.3 is 10.1 Å². The minimum absolute atomic E-state index is 0.176. The Hall–Kier alpha value is -2.29. The van der Waals surface area contributed by atoms with Crippen LogP contribution in [0.5, 0.6) is 0 Å². The number of aryl methyl sites for hydroxylation is 1. The van der Waals surface area contributed by atoms with E-state index in [1.807, 2.05) is 19.1 Å². The van der Waals surface area contributed by atoms with Gasteiger partial charge in [-0.05, 0) is 56.9 Å². The predicted octanol–water partition coefficient (Wildman–Crippen LogP) is 2.73. The Balaban J connectivity index is 1.37. The van der Waals surface area contributed by atoms with Gasteiger partial charge in [-0.3, -0.25) is 9.78 Å². The van der Waals surface area contributed by atoms with Crippen LogP contribution in [0.2, 0.25) is 0 Å². The SMILES string of the molecule is Cc1ccc(S(=O)(=O)N2CCC3(CCC(C(=O)Nc4cccnc4)O3)CC2)cc1. The fourth-order valence-electron chi connectivity index (χ4n) is 4.02. The lowest BCUT2D eigenvalue weighted by molar-refractivity contribution is -0.134. The van der Waals surface area contributed by atoms with Gasteiger partial charge in [0.1, 0.15) is 6.10 Å². The molecule has 1 unspecified atom stereocenters. The molecule has 8 heteroatoms. The number of nitrogens with one attached hydrogen (secondary N) is 1. The van der Waals surface area contributed by atoms with Gasteiger partial charge in [-0.25, -0.2) is 8.42 Å². The van der Waals surface area contributed by atoms with Gasteiger partial charge in [-0.15, -0.1) is 0 Å². The smallest absolute Gasteiger partial charge is 0.253 e. The molecule has 2 fully saturated rings. The molecule has 1 N–H and O–H groups in total. The second kappa shape index (κ2) is 7.85. The molecule has 1 spiro atoms. The van der Waals surface area contributed by atoms with Gasteiger partial charge in [0, 0.05) is 19.3 Å². The van der Waals surface area contributed by atoms with E-state index >= 15 is 0 Å². The fraction of sp³-hybridized carbons (Fsp3) is 0.429. The summed E-state index contributed by atoms with van der Waals surface area (Å²) < 4.78 is 33.5. The number of rotatable bonds is 4. The minimum Gasteiger partial charge on any atom is -0.362 e. The Bertz CT molecular complexity index is 969. The van der Waals surface area contributed by atoms with E-state index in [0.717, 1.165) is 12.0 Å². The molecule has 1 amide bonds. The van der Waals surface area contributed by atoms with Gasteiger partial charge in [-0.2, -0.15) is 4.31 Å². The second-order valence-electron chi connectivity index (χ2n) is 7.78. The van der Waals surface area contributed by atoms with Crippen LogP contribution in [0.15, 0.2) is 53.7 Å². The number of anilines is 1. The van der Waals surface area contributed by atoms with Gasteiger partial charge in [0.2, 0.25) is 10.0 Å². The lowest BCUT2D eigenvalue weighted by Gasteiger charge is -2.38. The third-order valence-corrected chi connectivity index (χ3v) is 7.68. The summed E-state index contributed by atoms with van der Waals surface area (Å²) in [6.45, 7) is 2.72. The number of hydrogen-bond acceptors (Lipinski definition) is 5.